The second-order valence-corrected chi connectivity index (χ2v) is 6.39. The Bertz CT molecular complexity index is 213. The molecule has 1 heterocycles. The Morgan fingerprint density at radius 3 is 2.31 bits per heavy atom. The zero-order chi connectivity index (χ0) is 11.6. The van der Waals surface area contributed by atoms with Crippen molar-refractivity contribution in [2.75, 3.05) is 33.2 Å². The Hall–Kier alpha value is -0.0800. The van der Waals surface area contributed by atoms with Crippen LogP contribution >= 0.6 is 0 Å². The number of piperidine rings is 1. The highest BCUT2D eigenvalue weighted by atomic mass is 15.1. The average Bonchev–Trinajstić information content (AvgIpc) is 2.99. The van der Waals surface area contributed by atoms with Gasteiger partial charge < -0.3 is 10.2 Å². The van der Waals surface area contributed by atoms with Crippen LogP contribution in [0.2, 0.25) is 0 Å². The molecule has 0 aromatic heterocycles. The zero-order valence-corrected chi connectivity index (χ0v) is 11.3. The van der Waals surface area contributed by atoms with Gasteiger partial charge in [0.1, 0.15) is 0 Å². The zero-order valence-electron chi connectivity index (χ0n) is 11.3. The summed E-state index contributed by atoms with van der Waals surface area (Å²) in [4.78, 5) is 2.71. The van der Waals surface area contributed by atoms with Crippen molar-refractivity contribution in [2.24, 2.45) is 17.3 Å². The first-order chi connectivity index (χ1) is 7.65. The standard InChI is InChI=1S/C14H28N2/c1-12(2)13-4-8-16(9-5-13)11-14(6-7-14)10-15-3/h12-13,15H,4-11H2,1-3H3. The summed E-state index contributed by atoms with van der Waals surface area (Å²) in [5.74, 6) is 1.87. The molecule has 1 aliphatic heterocycles. The van der Waals surface area contributed by atoms with Gasteiger partial charge in [-0.1, -0.05) is 13.8 Å². The van der Waals surface area contributed by atoms with E-state index in [-0.39, 0.29) is 0 Å². The molecule has 0 aromatic carbocycles. The van der Waals surface area contributed by atoms with E-state index in [1.54, 1.807) is 0 Å². The van der Waals surface area contributed by atoms with E-state index in [0.29, 0.717) is 5.41 Å². The molecular formula is C14H28N2. The summed E-state index contributed by atoms with van der Waals surface area (Å²) in [6, 6.07) is 0. The van der Waals surface area contributed by atoms with Crippen LogP contribution < -0.4 is 5.32 Å². The van der Waals surface area contributed by atoms with Crippen molar-refractivity contribution in [2.45, 2.75) is 39.5 Å². The first-order valence-corrected chi connectivity index (χ1v) is 7.02. The van der Waals surface area contributed by atoms with Gasteiger partial charge in [0.2, 0.25) is 0 Å². The predicted octanol–water partition coefficient (Wildman–Crippen LogP) is 2.35. The number of nitrogens with one attached hydrogen (secondary N) is 1. The van der Waals surface area contributed by atoms with Gasteiger partial charge in [-0.3, -0.25) is 0 Å². The minimum atomic E-state index is 0.652. The third-order valence-electron chi connectivity index (χ3n) is 4.64. The molecule has 1 N–H and O–H groups in total. The molecule has 2 aliphatic rings. The van der Waals surface area contributed by atoms with Gasteiger partial charge in [0.25, 0.3) is 0 Å². The molecule has 0 amide bonds. The molecule has 2 nitrogen and oxygen atoms in total. The molecule has 1 aliphatic carbocycles. The van der Waals surface area contributed by atoms with Crippen LogP contribution in [-0.2, 0) is 0 Å². The second kappa shape index (κ2) is 5.05. The largest absolute Gasteiger partial charge is 0.319 e. The lowest BCUT2D eigenvalue weighted by atomic mass is 9.86. The monoisotopic (exact) mass is 224 g/mol. The minimum absolute atomic E-state index is 0.652. The van der Waals surface area contributed by atoms with Gasteiger partial charge in [0.15, 0.2) is 0 Å². The average molecular weight is 224 g/mol. The lowest BCUT2D eigenvalue weighted by Crippen LogP contribution is -2.41. The SMILES string of the molecule is CNCC1(CN2CCC(C(C)C)CC2)CC1. The van der Waals surface area contributed by atoms with E-state index in [0.717, 1.165) is 11.8 Å². The van der Waals surface area contributed by atoms with Gasteiger partial charge in [0, 0.05) is 13.1 Å². The number of rotatable bonds is 5. The highest BCUT2D eigenvalue weighted by Crippen LogP contribution is 2.46. The van der Waals surface area contributed by atoms with Gasteiger partial charge in [0.05, 0.1) is 0 Å². The minimum Gasteiger partial charge on any atom is -0.319 e. The van der Waals surface area contributed by atoms with Crippen LogP contribution in [0.1, 0.15) is 39.5 Å². The third kappa shape index (κ3) is 2.98. The van der Waals surface area contributed by atoms with Crippen molar-refractivity contribution in [1.82, 2.24) is 10.2 Å². The number of hydrogen-bond acceptors (Lipinski definition) is 2. The van der Waals surface area contributed by atoms with Gasteiger partial charge in [-0.15, -0.1) is 0 Å². The van der Waals surface area contributed by atoms with E-state index in [1.165, 1.54) is 51.9 Å². The number of nitrogens with zero attached hydrogens (tertiary/aromatic N) is 1. The Morgan fingerprint density at radius 1 is 1.25 bits per heavy atom. The molecule has 1 saturated heterocycles. The van der Waals surface area contributed by atoms with Crippen molar-refractivity contribution < 1.29 is 0 Å². The number of hydrogen-bond donors (Lipinski definition) is 1. The fraction of sp³-hybridized carbons (Fsp3) is 1.00. The fourth-order valence-electron chi connectivity index (χ4n) is 3.19. The maximum Gasteiger partial charge on any atom is 0.00501 e. The first kappa shape index (κ1) is 12.4. The summed E-state index contributed by atoms with van der Waals surface area (Å²) in [7, 11) is 2.09. The Morgan fingerprint density at radius 2 is 1.88 bits per heavy atom. The van der Waals surface area contributed by atoms with Crippen LogP contribution in [0.15, 0.2) is 0 Å². The van der Waals surface area contributed by atoms with Crippen molar-refractivity contribution >= 4 is 0 Å². The highest BCUT2D eigenvalue weighted by Gasteiger charge is 2.43. The van der Waals surface area contributed by atoms with Gasteiger partial charge in [-0.2, -0.15) is 0 Å². The molecule has 2 heteroatoms. The predicted molar refractivity (Wildman–Crippen MR) is 69.6 cm³/mol. The highest BCUT2D eigenvalue weighted by molar-refractivity contribution is 4.97. The summed E-state index contributed by atoms with van der Waals surface area (Å²) in [6.07, 6.45) is 5.73. The molecule has 0 atom stereocenters. The van der Waals surface area contributed by atoms with E-state index >= 15 is 0 Å². The molecule has 94 valence electrons. The van der Waals surface area contributed by atoms with Gasteiger partial charge in [-0.05, 0) is 63.1 Å². The molecule has 0 spiro atoms. The van der Waals surface area contributed by atoms with E-state index in [9.17, 15) is 0 Å². The molecule has 1 saturated carbocycles. The van der Waals surface area contributed by atoms with Crippen molar-refractivity contribution in [3.05, 3.63) is 0 Å². The molecule has 0 aromatic rings. The lowest BCUT2D eigenvalue weighted by molar-refractivity contribution is 0.133. The van der Waals surface area contributed by atoms with E-state index in [2.05, 4.69) is 31.1 Å². The van der Waals surface area contributed by atoms with Crippen LogP contribution in [0.4, 0.5) is 0 Å². The van der Waals surface area contributed by atoms with E-state index < -0.39 is 0 Å². The van der Waals surface area contributed by atoms with Crippen LogP contribution in [0.25, 0.3) is 0 Å². The Balaban J connectivity index is 1.73. The fourth-order valence-corrected chi connectivity index (χ4v) is 3.19. The second-order valence-electron chi connectivity index (χ2n) is 6.39. The summed E-state index contributed by atoms with van der Waals surface area (Å²) < 4.78 is 0. The van der Waals surface area contributed by atoms with Crippen LogP contribution in [-0.4, -0.2) is 38.1 Å². The van der Waals surface area contributed by atoms with Crippen LogP contribution in [0, 0.1) is 17.3 Å². The van der Waals surface area contributed by atoms with E-state index in [4.69, 9.17) is 0 Å². The van der Waals surface area contributed by atoms with Crippen molar-refractivity contribution in [1.29, 1.82) is 0 Å². The van der Waals surface area contributed by atoms with Crippen LogP contribution in [0.5, 0.6) is 0 Å². The summed E-state index contributed by atoms with van der Waals surface area (Å²) in [5.41, 5.74) is 0.652. The third-order valence-corrected chi connectivity index (χ3v) is 4.64. The Labute approximate surface area is 101 Å². The molecule has 0 radical (unpaired) electrons. The molecule has 0 bridgehead atoms. The summed E-state index contributed by atoms with van der Waals surface area (Å²) in [5, 5.41) is 3.36. The quantitative estimate of drug-likeness (QED) is 0.771. The Kier molecular flexibility index (Phi) is 3.91. The molecular weight excluding hydrogens is 196 g/mol. The molecule has 2 fully saturated rings. The molecule has 16 heavy (non-hydrogen) atoms. The van der Waals surface area contributed by atoms with Gasteiger partial charge >= 0.3 is 0 Å². The normalized spacial score (nSPS) is 26.2. The van der Waals surface area contributed by atoms with Crippen molar-refractivity contribution in [3.8, 4) is 0 Å². The smallest absolute Gasteiger partial charge is 0.00501 e. The summed E-state index contributed by atoms with van der Waals surface area (Å²) >= 11 is 0. The molecule has 0 unspecified atom stereocenters. The maximum atomic E-state index is 3.36. The molecule has 2 rings (SSSR count). The van der Waals surface area contributed by atoms with Crippen molar-refractivity contribution in [3.63, 3.8) is 0 Å². The lowest BCUT2D eigenvalue weighted by Gasteiger charge is -2.36. The maximum absolute atomic E-state index is 3.36. The van der Waals surface area contributed by atoms with E-state index in [1.807, 2.05) is 0 Å². The van der Waals surface area contributed by atoms with Gasteiger partial charge in [-0.25, -0.2) is 0 Å². The van der Waals surface area contributed by atoms with Crippen LogP contribution in [0.3, 0.4) is 0 Å². The summed E-state index contributed by atoms with van der Waals surface area (Å²) in [6.45, 7) is 10.0. The topological polar surface area (TPSA) is 15.3 Å². The number of likely N-dealkylation sites (tertiary alicyclic amines) is 1. The first-order valence-electron chi connectivity index (χ1n) is 7.02.